The fourth-order valence-electron chi connectivity index (χ4n) is 1.87. The van der Waals surface area contributed by atoms with Gasteiger partial charge in [0.05, 0.1) is 12.3 Å². The Bertz CT molecular complexity index is 525. The number of benzene rings is 1. The SMILES string of the molecule is CCOc1ccccc1C(O)c1cccc(C)n1. The summed E-state index contributed by atoms with van der Waals surface area (Å²) < 4.78 is 5.52. The maximum absolute atomic E-state index is 10.4. The van der Waals surface area contributed by atoms with Crippen LogP contribution in [0.5, 0.6) is 5.75 Å². The van der Waals surface area contributed by atoms with E-state index in [1.165, 1.54) is 0 Å². The van der Waals surface area contributed by atoms with Crippen LogP contribution in [0.25, 0.3) is 0 Å². The quantitative estimate of drug-likeness (QED) is 0.897. The number of hydrogen-bond acceptors (Lipinski definition) is 3. The summed E-state index contributed by atoms with van der Waals surface area (Å²) in [6.45, 7) is 4.41. The van der Waals surface area contributed by atoms with Gasteiger partial charge in [-0.05, 0) is 32.0 Å². The fourth-order valence-corrected chi connectivity index (χ4v) is 1.87. The molecule has 1 N–H and O–H groups in total. The highest BCUT2D eigenvalue weighted by Gasteiger charge is 2.16. The van der Waals surface area contributed by atoms with Crippen LogP contribution < -0.4 is 4.74 Å². The van der Waals surface area contributed by atoms with E-state index in [0.29, 0.717) is 18.1 Å². The van der Waals surface area contributed by atoms with Crippen molar-refractivity contribution in [1.82, 2.24) is 4.98 Å². The van der Waals surface area contributed by atoms with Crippen LogP contribution in [0, 0.1) is 6.92 Å². The van der Waals surface area contributed by atoms with Crippen molar-refractivity contribution in [3.05, 3.63) is 59.4 Å². The summed E-state index contributed by atoms with van der Waals surface area (Å²) in [5, 5.41) is 10.4. The summed E-state index contributed by atoms with van der Waals surface area (Å²) >= 11 is 0. The second kappa shape index (κ2) is 5.65. The maximum Gasteiger partial charge on any atom is 0.125 e. The van der Waals surface area contributed by atoms with E-state index in [0.717, 1.165) is 11.3 Å². The lowest BCUT2D eigenvalue weighted by Gasteiger charge is -2.15. The van der Waals surface area contributed by atoms with Crippen LogP contribution in [-0.2, 0) is 0 Å². The zero-order chi connectivity index (χ0) is 13.0. The fraction of sp³-hybridized carbons (Fsp3) is 0.267. The van der Waals surface area contributed by atoms with Gasteiger partial charge >= 0.3 is 0 Å². The first-order valence-electron chi connectivity index (χ1n) is 6.05. The molecule has 0 radical (unpaired) electrons. The van der Waals surface area contributed by atoms with Crippen molar-refractivity contribution < 1.29 is 9.84 Å². The third-order valence-electron chi connectivity index (χ3n) is 2.70. The number of aryl methyl sites for hydroxylation is 1. The molecule has 1 aromatic heterocycles. The molecule has 0 fully saturated rings. The van der Waals surface area contributed by atoms with Crippen molar-refractivity contribution >= 4 is 0 Å². The van der Waals surface area contributed by atoms with Crippen molar-refractivity contribution in [2.24, 2.45) is 0 Å². The van der Waals surface area contributed by atoms with E-state index in [2.05, 4.69) is 4.98 Å². The summed E-state index contributed by atoms with van der Waals surface area (Å²) in [7, 11) is 0. The van der Waals surface area contributed by atoms with Crippen LogP contribution in [-0.4, -0.2) is 16.7 Å². The predicted molar refractivity (Wildman–Crippen MR) is 70.6 cm³/mol. The van der Waals surface area contributed by atoms with Crippen molar-refractivity contribution in [3.63, 3.8) is 0 Å². The van der Waals surface area contributed by atoms with Gasteiger partial charge in [-0.1, -0.05) is 24.3 Å². The Labute approximate surface area is 107 Å². The van der Waals surface area contributed by atoms with Gasteiger partial charge in [-0.15, -0.1) is 0 Å². The Morgan fingerprint density at radius 2 is 1.94 bits per heavy atom. The molecule has 1 aromatic carbocycles. The van der Waals surface area contributed by atoms with Crippen molar-refractivity contribution in [2.75, 3.05) is 6.61 Å². The van der Waals surface area contributed by atoms with Crippen LogP contribution in [0.15, 0.2) is 42.5 Å². The van der Waals surface area contributed by atoms with Crippen LogP contribution in [0.2, 0.25) is 0 Å². The van der Waals surface area contributed by atoms with Crippen LogP contribution in [0.4, 0.5) is 0 Å². The molecule has 0 aliphatic heterocycles. The Balaban J connectivity index is 2.36. The lowest BCUT2D eigenvalue weighted by Crippen LogP contribution is -2.06. The first-order chi connectivity index (χ1) is 8.72. The first kappa shape index (κ1) is 12.6. The number of aliphatic hydroxyl groups is 1. The first-order valence-corrected chi connectivity index (χ1v) is 6.05. The average molecular weight is 243 g/mol. The molecule has 3 heteroatoms. The molecular formula is C15H17NO2. The van der Waals surface area contributed by atoms with Gasteiger partial charge < -0.3 is 9.84 Å². The third kappa shape index (κ3) is 2.68. The third-order valence-corrected chi connectivity index (χ3v) is 2.70. The Morgan fingerprint density at radius 3 is 2.67 bits per heavy atom. The van der Waals surface area contributed by atoms with E-state index in [1.54, 1.807) is 0 Å². The Kier molecular flexibility index (Phi) is 3.95. The highest BCUT2D eigenvalue weighted by Crippen LogP contribution is 2.28. The summed E-state index contributed by atoms with van der Waals surface area (Å²) in [6.07, 6.45) is -0.757. The number of aromatic nitrogens is 1. The molecule has 0 spiro atoms. The molecule has 1 heterocycles. The number of nitrogens with zero attached hydrogens (tertiary/aromatic N) is 1. The molecular weight excluding hydrogens is 226 g/mol. The van der Waals surface area contributed by atoms with Crippen LogP contribution in [0.3, 0.4) is 0 Å². The summed E-state index contributed by atoms with van der Waals surface area (Å²) in [6, 6.07) is 13.1. The summed E-state index contributed by atoms with van der Waals surface area (Å²) in [5.41, 5.74) is 2.28. The number of aliphatic hydroxyl groups excluding tert-OH is 1. The molecule has 2 aromatic rings. The number of para-hydroxylation sites is 1. The van der Waals surface area contributed by atoms with Gasteiger partial charge in [0, 0.05) is 11.3 Å². The van der Waals surface area contributed by atoms with E-state index < -0.39 is 6.10 Å². The van der Waals surface area contributed by atoms with Crippen molar-refractivity contribution in [2.45, 2.75) is 20.0 Å². The van der Waals surface area contributed by atoms with Crippen LogP contribution >= 0.6 is 0 Å². The topological polar surface area (TPSA) is 42.4 Å². The number of ether oxygens (including phenoxy) is 1. The van der Waals surface area contributed by atoms with E-state index in [4.69, 9.17) is 4.74 Å². The molecule has 0 aliphatic rings. The van der Waals surface area contributed by atoms with Gasteiger partial charge in [-0.25, -0.2) is 0 Å². The van der Waals surface area contributed by atoms with Gasteiger partial charge in [-0.2, -0.15) is 0 Å². The molecule has 0 saturated heterocycles. The monoisotopic (exact) mass is 243 g/mol. The van der Waals surface area contributed by atoms with Gasteiger partial charge in [0.25, 0.3) is 0 Å². The second-order valence-corrected chi connectivity index (χ2v) is 4.08. The number of rotatable bonds is 4. The highest BCUT2D eigenvalue weighted by atomic mass is 16.5. The summed E-state index contributed by atoms with van der Waals surface area (Å²) in [4.78, 5) is 4.35. The normalized spacial score (nSPS) is 12.2. The lowest BCUT2D eigenvalue weighted by molar-refractivity contribution is 0.207. The molecule has 1 atom stereocenters. The molecule has 2 rings (SSSR count). The molecule has 0 aliphatic carbocycles. The van der Waals surface area contributed by atoms with E-state index in [-0.39, 0.29) is 0 Å². The smallest absolute Gasteiger partial charge is 0.125 e. The number of pyridine rings is 1. The summed E-state index contributed by atoms with van der Waals surface area (Å²) in [5.74, 6) is 0.704. The van der Waals surface area contributed by atoms with E-state index >= 15 is 0 Å². The van der Waals surface area contributed by atoms with E-state index in [9.17, 15) is 5.11 Å². The van der Waals surface area contributed by atoms with Gasteiger partial charge in [0.1, 0.15) is 11.9 Å². The van der Waals surface area contributed by atoms with Crippen molar-refractivity contribution in [3.8, 4) is 5.75 Å². The number of hydrogen-bond donors (Lipinski definition) is 1. The largest absolute Gasteiger partial charge is 0.493 e. The zero-order valence-electron chi connectivity index (χ0n) is 10.6. The Hall–Kier alpha value is -1.87. The standard InChI is InChI=1S/C15H17NO2/c1-3-18-14-10-5-4-8-12(14)15(17)13-9-6-7-11(2)16-13/h4-10,15,17H,3H2,1-2H3. The second-order valence-electron chi connectivity index (χ2n) is 4.08. The minimum atomic E-state index is -0.757. The molecule has 3 nitrogen and oxygen atoms in total. The minimum Gasteiger partial charge on any atom is -0.493 e. The van der Waals surface area contributed by atoms with Crippen LogP contribution in [0.1, 0.15) is 30.0 Å². The lowest BCUT2D eigenvalue weighted by atomic mass is 10.0. The van der Waals surface area contributed by atoms with E-state index in [1.807, 2.05) is 56.3 Å². The molecule has 0 bridgehead atoms. The van der Waals surface area contributed by atoms with Gasteiger partial charge in [0.2, 0.25) is 0 Å². The maximum atomic E-state index is 10.4. The molecule has 94 valence electrons. The molecule has 1 unspecified atom stereocenters. The Morgan fingerprint density at radius 1 is 1.17 bits per heavy atom. The minimum absolute atomic E-state index is 0.574. The molecule has 18 heavy (non-hydrogen) atoms. The van der Waals surface area contributed by atoms with Crippen molar-refractivity contribution in [1.29, 1.82) is 0 Å². The average Bonchev–Trinajstić information content (AvgIpc) is 2.39. The predicted octanol–water partition coefficient (Wildman–Crippen LogP) is 2.87. The highest BCUT2D eigenvalue weighted by molar-refractivity contribution is 5.38. The molecule has 0 amide bonds. The molecule has 0 saturated carbocycles. The zero-order valence-corrected chi connectivity index (χ0v) is 10.6. The van der Waals surface area contributed by atoms with Gasteiger partial charge in [0.15, 0.2) is 0 Å². The van der Waals surface area contributed by atoms with Gasteiger partial charge in [-0.3, -0.25) is 4.98 Å².